The molecular weight excluding hydrogens is 316 g/mol. The Hall–Kier alpha value is -1.64. The zero-order chi connectivity index (χ0) is 16.9. The second-order valence-corrected chi connectivity index (χ2v) is 7.34. The van der Waals surface area contributed by atoms with Gasteiger partial charge in [0.25, 0.3) is 10.0 Å². The molecule has 0 spiro atoms. The number of hydrogen-bond donors (Lipinski definition) is 3. The Morgan fingerprint density at radius 1 is 1.35 bits per heavy atom. The van der Waals surface area contributed by atoms with E-state index in [1.165, 1.54) is 0 Å². The van der Waals surface area contributed by atoms with Crippen LogP contribution in [0.15, 0.2) is 28.7 Å². The molecule has 7 nitrogen and oxygen atoms in total. The third kappa shape index (κ3) is 5.49. The number of nitrogens with two attached hydrogens (primary N) is 1. The summed E-state index contributed by atoms with van der Waals surface area (Å²) < 4.78 is 27.1. The lowest BCUT2D eigenvalue weighted by atomic mass is 10.1. The largest absolute Gasteiger partial charge is 0.390 e. The summed E-state index contributed by atoms with van der Waals surface area (Å²) in [7, 11) is -3.46. The number of anilines is 1. The molecule has 23 heavy (non-hydrogen) atoms. The second-order valence-electron chi connectivity index (χ2n) is 5.69. The third-order valence-electron chi connectivity index (χ3n) is 3.61. The Kier molecular flexibility index (Phi) is 5.97. The van der Waals surface area contributed by atoms with Crippen molar-refractivity contribution in [3.8, 4) is 0 Å². The normalized spacial score (nSPS) is 17.3. The molecule has 1 saturated heterocycles. The molecule has 1 aromatic rings. The number of aliphatic hydroxyl groups is 1. The highest BCUT2D eigenvalue weighted by molar-refractivity contribution is 7.89. The molecule has 128 valence electrons. The third-order valence-corrected chi connectivity index (χ3v) is 4.12. The smallest absolute Gasteiger partial charge is 0.252 e. The lowest BCUT2D eigenvalue weighted by molar-refractivity contribution is 0.196. The van der Waals surface area contributed by atoms with Gasteiger partial charge in [-0.05, 0) is 37.1 Å². The van der Waals surface area contributed by atoms with Crippen molar-refractivity contribution in [1.82, 2.24) is 4.90 Å². The molecule has 1 aliphatic rings. The van der Waals surface area contributed by atoms with Crippen molar-refractivity contribution in [2.75, 3.05) is 37.8 Å². The predicted molar refractivity (Wildman–Crippen MR) is 92.2 cm³/mol. The Bertz CT molecular complexity index is 637. The van der Waals surface area contributed by atoms with Crippen molar-refractivity contribution in [3.63, 3.8) is 0 Å². The molecule has 4 N–H and O–H groups in total. The molecule has 0 aliphatic carbocycles. The van der Waals surface area contributed by atoms with Crippen LogP contribution in [0.3, 0.4) is 0 Å². The van der Waals surface area contributed by atoms with Gasteiger partial charge in [-0.1, -0.05) is 0 Å². The number of hydrogen-bond acceptors (Lipinski definition) is 5. The minimum absolute atomic E-state index is 0.200. The first-order chi connectivity index (χ1) is 10.9. The predicted octanol–water partition coefficient (Wildman–Crippen LogP) is 0.220. The maximum atomic E-state index is 11.6. The molecule has 1 fully saturated rings. The van der Waals surface area contributed by atoms with Gasteiger partial charge >= 0.3 is 0 Å². The maximum Gasteiger partial charge on any atom is 0.252 e. The van der Waals surface area contributed by atoms with Gasteiger partial charge in [0, 0.05) is 37.4 Å². The van der Waals surface area contributed by atoms with E-state index in [2.05, 4.69) is 9.71 Å². The van der Waals surface area contributed by atoms with Gasteiger partial charge in [-0.2, -0.15) is 0 Å². The zero-order valence-corrected chi connectivity index (χ0v) is 14.1. The Balaban J connectivity index is 2.18. The number of likely N-dealkylation sites (tertiary alicyclic amines) is 1. The van der Waals surface area contributed by atoms with Crippen molar-refractivity contribution in [2.24, 2.45) is 10.1 Å². The summed E-state index contributed by atoms with van der Waals surface area (Å²) >= 11 is 0. The van der Waals surface area contributed by atoms with Crippen LogP contribution < -0.4 is 11.1 Å². The molecule has 0 amide bonds. The van der Waals surface area contributed by atoms with E-state index in [0.29, 0.717) is 12.4 Å². The van der Waals surface area contributed by atoms with Gasteiger partial charge < -0.3 is 21.1 Å². The fourth-order valence-electron chi connectivity index (χ4n) is 2.44. The van der Waals surface area contributed by atoms with Crippen LogP contribution in [-0.4, -0.2) is 62.8 Å². The fourth-order valence-corrected chi connectivity index (χ4v) is 2.97. The van der Waals surface area contributed by atoms with Crippen LogP contribution >= 0.6 is 0 Å². The summed E-state index contributed by atoms with van der Waals surface area (Å²) in [6.07, 6.45) is 2.59. The first kappa shape index (κ1) is 17.7. The lowest BCUT2D eigenvalue weighted by Gasteiger charge is -2.20. The number of sulfonamides is 1. The lowest BCUT2D eigenvalue weighted by Crippen LogP contribution is -2.29. The average molecular weight is 340 g/mol. The van der Waals surface area contributed by atoms with E-state index in [0.717, 1.165) is 43.4 Å². The monoisotopic (exact) mass is 340 g/mol. The summed E-state index contributed by atoms with van der Waals surface area (Å²) in [5.74, 6) is 0.499. The molecule has 1 aliphatic heterocycles. The van der Waals surface area contributed by atoms with E-state index in [-0.39, 0.29) is 6.54 Å². The Morgan fingerprint density at radius 2 is 1.96 bits per heavy atom. The SMILES string of the molecule is CS(=O)(=O)N=C(c1ccc(NCC(O)CN)cc1)N1CCCC1. The molecule has 2 rings (SSSR count). The van der Waals surface area contributed by atoms with E-state index in [1.54, 1.807) is 0 Å². The summed E-state index contributed by atoms with van der Waals surface area (Å²) in [5.41, 5.74) is 6.96. The standard InChI is InChI=1S/C15H24N4O3S/c1-23(21,22)18-15(19-8-2-3-9-19)12-4-6-13(7-5-12)17-11-14(20)10-16/h4-7,14,17,20H,2-3,8-11,16H2,1H3. The van der Waals surface area contributed by atoms with Crippen LogP contribution in [-0.2, 0) is 10.0 Å². The van der Waals surface area contributed by atoms with Crippen LogP contribution in [0.1, 0.15) is 18.4 Å². The molecule has 1 unspecified atom stereocenters. The van der Waals surface area contributed by atoms with Gasteiger partial charge in [-0.25, -0.2) is 8.42 Å². The van der Waals surface area contributed by atoms with E-state index < -0.39 is 16.1 Å². The molecular formula is C15H24N4O3S. The molecule has 0 aromatic heterocycles. The van der Waals surface area contributed by atoms with Gasteiger partial charge in [0.1, 0.15) is 5.84 Å². The van der Waals surface area contributed by atoms with Crippen LogP contribution in [0.5, 0.6) is 0 Å². The van der Waals surface area contributed by atoms with Crippen LogP contribution in [0, 0.1) is 0 Å². The molecule has 0 saturated carbocycles. The second kappa shape index (κ2) is 7.76. The minimum Gasteiger partial charge on any atom is -0.390 e. The molecule has 1 atom stereocenters. The number of nitrogens with one attached hydrogen (secondary N) is 1. The van der Waals surface area contributed by atoms with E-state index in [9.17, 15) is 13.5 Å². The van der Waals surface area contributed by atoms with Gasteiger partial charge in [0.2, 0.25) is 0 Å². The minimum atomic E-state index is -3.46. The van der Waals surface area contributed by atoms with Crippen molar-refractivity contribution < 1.29 is 13.5 Å². The van der Waals surface area contributed by atoms with Crippen molar-refractivity contribution >= 4 is 21.5 Å². The van der Waals surface area contributed by atoms with Gasteiger partial charge in [0.15, 0.2) is 0 Å². The summed E-state index contributed by atoms with van der Waals surface area (Å²) in [6.45, 7) is 2.20. The van der Waals surface area contributed by atoms with E-state index in [4.69, 9.17) is 5.73 Å². The summed E-state index contributed by atoms with van der Waals surface area (Å²) in [4.78, 5) is 2.00. The highest BCUT2D eigenvalue weighted by atomic mass is 32.2. The van der Waals surface area contributed by atoms with E-state index in [1.807, 2.05) is 29.2 Å². The van der Waals surface area contributed by atoms with E-state index >= 15 is 0 Å². The maximum absolute atomic E-state index is 11.6. The first-order valence-corrected chi connectivity index (χ1v) is 9.51. The number of nitrogens with zero attached hydrogens (tertiary/aromatic N) is 2. The highest BCUT2D eigenvalue weighted by Crippen LogP contribution is 2.17. The molecule has 1 heterocycles. The van der Waals surface area contributed by atoms with Gasteiger partial charge in [-0.3, -0.25) is 0 Å². The summed E-state index contributed by atoms with van der Waals surface area (Å²) in [5, 5.41) is 12.5. The number of benzene rings is 1. The molecule has 0 radical (unpaired) electrons. The zero-order valence-electron chi connectivity index (χ0n) is 13.3. The summed E-state index contributed by atoms with van der Waals surface area (Å²) in [6, 6.07) is 7.35. The average Bonchev–Trinajstić information content (AvgIpc) is 3.04. The van der Waals surface area contributed by atoms with Gasteiger partial charge in [-0.15, -0.1) is 4.40 Å². The first-order valence-electron chi connectivity index (χ1n) is 7.66. The number of rotatable bonds is 6. The van der Waals surface area contributed by atoms with Crippen LogP contribution in [0.2, 0.25) is 0 Å². The highest BCUT2D eigenvalue weighted by Gasteiger charge is 2.19. The van der Waals surface area contributed by atoms with Crippen molar-refractivity contribution in [2.45, 2.75) is 18.9 Å². The fraction of sp³-hybridized carbons (Fsp3) is 0.533. The molecule has 8 heteroatoms. The van der Waals surface area contributed by atoms with Crippen LogP contribution in [0.4, 0.5) is 5.69 Å². The quantitative estimate of drug-likeness (QED) is 0.505. The number of aliphatic hydroxyl groups excluding tert-OH is 1. The van der Waals surface area contributed by atoms with Crippen molar-refractivity contribution in [1.29, 1.82) is 0 Å². The Labute approximate surface area is 137 Å². The number of amidine groups is 1. The Morgan fingerprint density at radius 3 is 2.48 bits per heavy atom. The molecule has 1 aromatic carbocycles. The topological polar surface area (TPSA) is 108 Å². The van der Waals surface area contributed by atoms with Gasteiger partial charge in [0.05, 0.1) is 12.4 Å². The van der Waals surface area contributed by atoms with Crippen molar-refractivity contribution in [3.05, 3.63) is 29.8 Å². The van der Waals surface area contributed by atoms with Crippen LogP contribution in [0.25, 0.3) is 0 Å². The molecule has 0 bridgehead atoms.